The first-order valence-corrected chi connectivity index (χ1v) is 7.74. The summed E-state index contributed by atoms with van der Waals surface area (Å²) in [7, 11) is -1.74. The van der Waals surface area contributed by atoms with Gasteiger partial charge >= 0.3 is 83.9 Å². The first kappa shape index (κ1) is 11.2. The molecule has 0 spiro atoms. The summed E-state index contributed by atoms with van der Waals surface area (Å²) in [6, 6.07) is 1.68. The van der Waals surface area contributed by atoms with Crippen molar-refractivity contribution in [2.45, 2.75) is 19.5 Å². The van der Waals surface area contributed by atoms with Gasteiger partial charge in [-0.05, 0) is 0 Å². The van der Waals surface area contributed by atoms with Crippen LogP contribution in [0, 0.1) is 0 Å². The van der Waals surface area contributed by atoms with Crippen LogP contribution in [0.3, 0.4) is 0 Å². The molecular weight excluding hydrogens is 197 g/mol. The van der Waals surface area contributed by atoms with Gasteiger partial charge < -0.3 is 0 Å². The second-order valence-corrected chi connectivity index (χ2v) is 9.26. The maximum absolute atomic E-state index is 11.6. The predicted molar refractivity (Wildman–Crippen MR) is 63.6 cm³/mol. The Kier molecular flexibility index (Phi) is 2.95. The van der Waals surface area contributed by atoms with Crippen molar-refractivity contribution in [2.24, 2.45) is 0 Å². The summed E-state index contributed by atoms with van der Waals surface area (Å²) in [5.41, 5.74) is 5.70. The number of nitrogens with two attached hydrogens (primary N) is 1. The molecule has 1 aromatic rings. The Balaban J connectivity index is 3.27. The van der Waals surface area contributed by atoms with Gasteiger partial charge in [-0.15, -0.1) is 0 Å². The molecule has 5 heteroatoms. The Morgan fingerprint density at radius 2 is 2.07 bits per heavy atom. The molecule has 1 heterocycles. The average molecular weight is 215 g/mol. The Morgan fingerprint density at radius 3 is 2.50 bits per heavy atom. The molecule has 0 unspecified atom stereocenters. The molecule has 0 saturated carbocycles. The van der Waals surface area contributed by atoms with Gasteiger partial charge in [0.25, 0.3) is 0 Å². The quantitative estimate of drug-likeness (QED) is 0.749. The van der Waals surface area contributed by atoms with E-state index in [2.05, 4.69) is 32.2 Å². The van der Waals surface area contributed by atoms with E-state index in [4.69, 9.17) is 5.73 Å². The average Bonchev–Trinajstić information content (AvgIpc) is 2.02. The van der Waals surface area contributed by atoms with Crippen molar-refractivity contribution >= 4 is 13.2 Å². The number of hydrogen-bond acceptors (Lipinski definition) is 3. The van der Waals surface area contributed by atoms with Crippen LogP contribution in [-0.4, -0.2) is 28.3 Å². The zero-order chi connectivity index (χ0) is 10.9. The van der Waals surface area contributed by atoms with Crippen molar-refractivity contribution in [3.05, 3.63) is 22.7 Å². The van der Waals surface area contributed by atoms with E-state index in [9.17, 15) is 4.79 Å². The van der Waals surface area contributed by atoms with Gasteiger partial charge in [0.1, 0.15) is 0 Å². The van der Waals surface area contributed by atoms with E-state index >= 15 is 0 Å². The molecule has 4 nitrogen and oxygen atoms in total. The van der Waals surface area contributed by atoms with Gasteiger partial charge in [-0.3, -0.25) is 0 Å². The van der Waals surface area contributed by atoms with E-state index < -0.39 is 7.41 Å². The maximum atomic E-state index is 11.6. The van der Waals surface area contributed by atoms with Crippen molar-refractivity contribution < 1.29 is 0 Å². The van der Waals surface area contributed by atoms with E-state index in [1.165, 1.54) is 0 Å². The van der Waals surface area contributed by atoms with Crippen LogP contribution in [0.1, 0.15) is 13.8 Å². The summed E-state index contributed by atoms with van der Waals surface area (Å²) in [4.78, 5) is 15.3. The van der Waals surface area contributed by atoms with Gasteiger partial charge in [0.2, 0.25) is 0 Å². The van der Waals surface area contributed by atoms with E-state index in [0.717, 1.165) is 0 Å². The fraction of sp³-hybridized carbons (Fsp3) is 0.556. The Morgan fingerprint density at radius 1 is 1.50 bits per heavy atom. The van der Waals surface area contributed by atoms with Gasteiger partial charge in [-0.2, -0.15) is 0 Å². The van der Waals surface area contributed by atoms with Crippen molar-refractivity contribution in [3.8, 4) is 0 Å². The normalized spacial score (nSPS) is 13.2. The van der Waals surface area contributed by atoms with Crippen LogP contribution < -0.4 is 11.4 Å². The van der Waals surface area contributed by atoms with Crippen molar-refractivity contribution in [2.75, 3.05) is 19.1 Å². The van der Waals surface area contributed by atoms with Crippen LogP contribution in [-0.2, 0) is 0 Å². The predicted octanol–water partition coefficient (Wildman–Crippen LogP) is 1.01. The van der Waals surface area contributed by atoms with E-state index in [1.54, 1.807) is 16.6 Å². The molecule has 0 aliphatic rings. The summed E-state index contributed by atoms with van der Waals surface area (Å²) in [6.07, 6.45) is 1.76. The van der Waals surface area contributed by atoms with E-state index in [-0.39, 0.29) is 5.69 Å². The molecule has 1 aromatic heterocycles. The van der Waals surface area contributed by atoms with Gasteiger partial charge in [-0.25, -0.2) is 0 Å². The van der Waals surface area contributed by atoms with Gasteiger partial charge in [0, 0.05) is 0 Å². The molecule has 0 aliphatic heterocycles. The van der Waals surface area contributed by atoms with Crippen LogP contribution in [0.25, 0.3) is 0 Å². The Labute approximate surface area is 84.5 Å². The number of anilines is 1. The van der Waals surface area contributed by atoms with Gasteiger partial charge in [0.15, 0.2) is 0 Å². The molecule has 0 amide bonds. The zero-order valence-corrected chi connectivity index (χ0v) is 10.1. The second-order valence-electron chi connectivity index (χ2n) is 4.31. The van der Waals surface area contributed by atoms with Gasteiger partial charge in [0.05, 0.1) is 0 Å². The van der Waals surface area contributed by atoms with Crippen LogP contribution in [0.15, 0.2) is 17.1 Å². The van der Waals surface area contributed by atoms with E-state index in [1.807, 2.05) is 0 Å². The Hall–Kier alpha value is -0.890. The first-order chi connectivity index (χ1) is 6.35. The molecule has 2 N–H and O–H groups in total. The summed E-state index contributed by atoms with van der Waals surface area (Å²) >= 11 is 0. The molecular formula is C9H18N3OP. The van der Waals surface area contributed by atoms with Gasteiger partial charge in [-0.1, -0.05) is 0 Å². The Bertz CT molecular complexity index is 384. The standard InChI is InChI=1S/C9H18N3OP/c1-7(2)14(3,4)12-6-5-8(10)11-9(12)13/h5-7,14H,1-4H3,(H2,10,11,13). The third-order valence-corrected chi connectivity index (χ3v) is 7.27. The fourth-order valence-corrected chi connectivity index (χ4v) is 2.69. The number of aromatic nitrogens is 2. The van der Waals surface area contributed by atoms with E-state index in [0.29, 0.717) is 11.5 Å². The molecule has 0 radical (unpaired) electrons. The van der Waals surface area contributed by atoms with Crippen molar-refractivity contribution in [1.29, 1.82) is 0 Å². The SMILES string of the molecule is CC(C)[PH](C)(C)n1ccc(N)nc1=O. The summed E-state index contributed by atoms with van der Waals surface area (Å²) in [6.45, 7) is 8.57. The monoisotopic (exact) mass is 215 g/mol. The third kappa shape index (κ3) is 1.95. The summed E-state index contributed by atoms with van der Waals surface area (Å²) in [5.74, 6) is 0.291. The molecule has 0 aromatic carbocycles. The first-order valence-electron chi connectivity index (χ1n) is 4.71. The topological polar surface area (TPSA) is 60.9 Å². The summed E-state index contributed by atoms with van der Waals surface area (Å²) < 4.78 is 1.76. The third-order valence-electron chi connectivity index (χ3n) is 2.86. The van der Waals surface area contributed by atoms with Crippen LogP contribution in [0.5, 0.6) is 0 Å². The van der Waals surface area contributed by atoms with Crippen LogP contribution in [0.4, 0.5) is 5.82 Å². The minimum atomic E-state index is -1.74. The second kappa shape index (κ2) is 3.70. The molecule has 0 saturated heterocycles. The number of hydrogen-bond donors (Lipinski definition) is 1. The summed E-state index contributed by atoms with van der Waals surface area (Å²) in [5, 5.41) is 0. The molecule has 14 heavy (non-hydrogen) atoms. The fourth-order valence-electron chi connectivity index (χ4n) is 1.13. The minimum absolute atomic E-state index is 0.227. The molecule has 80 valence electrons. The number of nitrogens with zero attached hydrogens (tertiary/aromatic N) is 2. The zero-order valence-electron chi connectivity index (χ0n) is 9.11. The number of rotatable bonds is 2. The molecule has 0 bridgehead atoms. The van der Waals surface area contributed by atoms with Crippen molar-refractivity contribution in [3.63, 3.8) is 0 Å². The van der Waals surface area contributed by atoms with Crippen LogP contribution in [0.2, 0.25) is 0 Å². The molecule has 0 atom stereocenters. The van der Waals surface area contributed by atoms with Crippen LogP contribution >= 0.6 is 7.41 Å². The number of nitrogen functional groups attached to an aromatic ring is 1. The molecule has 0 aliphatic carbocycles. The van der Waals surface area contributed by atoms with Crippen molar-refractivity contribution in [1.82, 2.24) is 9.32 Å². The molecule has 0 fully saturated rings. The molecule has 1 rings (SSSR count).